The molecule has 7 nitrogen and oxygen atoms in total. The van der Waals surface area contributed by atoms with Crippen molar-refractivity contribution in [2.24, 2.45) is 5.92 Å². The van der Waals surface area contributed by atoms with Crippen LogP contribution in [0, 0.1) is 5.92 Å². The monoisotopic (exact) mass is 502 g/mol. The number of hydrogen-bond acceptors (Lipinski definition) is 5. The second kappa shape index (κ2) is 9.72. The SMILES string of the molecule is C[C@H]1CC[C@H](N2Cc3cc(NC(=O)c4cccc(C(F)(F)F)n4)c(N4CCOCC4)cc3C2=O)CC1. The maximum Gasteiger partial charge on any atom is 0.433 e. The lowest BCUT2D eigenvalue weighted by atomic mass is 9.86. The molecule has 0 bridgehead atoms. The Bertz CT molecular complexity index is 1160. The highest BCUT2D eigenvalue weighted by atomic mass is 19.4. The molecule has 1 aliphatic carbocycles. The Morgan fingerprint density at radius 1 is 1.11 bits per heavy atom. The molecule has 3 heterocycles. The van der Waals surface area contributed by atoms with Gasteiger partial charge in [0.2, 0.25) is 0 Å². The Morgan fingerprint density at radius 3 is 2.53 bits per heavy atom. The van der Waals surface area contributed by atoms with E-state index in [0.29, 0.717) is 55.7 Å². The number of hydrogen-bond donors (Lipinski definition) is 1. The number of halogens is 3. The summed E-state index contributed by atoms with van der Waals surface area (Å²) >= 11 is 0. The van der Waals surface area contributed by atoms with Gasteiger partial charge in [-0.3, -0.25) is 9.59 Å². The zero-order valence-corrected chi connectivity index (χ0v) is 20.1. The van der Waals surface area contributed by atoms with Gasteiger partial charge in [-0.2, -0.15) is 13.2 Å². The Kier molecular flexibility index (Phi) is 6.63. The van der Waals surface area contributed by atoms with Crippen molar-refractivity contribution in [3.8, 4) is 0 Å². The minimum absolute atomic E-state index is 0.00326. The van der Waals surface area contributed by atoms with Crippen LogP contribution >= 0.6 is 0 Å². The molecule has 0 unspecified atom stereocenters. The van der Waals surface area contributed by atoms with Gasteiger partial charge >= 0.3 is 6.18 Å². The minimum Gasteiger partial charge on any atom is -0.378 e. The summed E-state index contributed by atoms with van der Waals surface area (Å²) in [4.78, 5) is 33.8. The number of fused-ring (bicyclic) bond motifs is 1. The minimum atomic E-state index is -4.65. The largest absolute Gasteiger partial charge is 0.433 e. The fraction of sp³-hybridized carbons (Fsp3) is 0.500. The van der Waals surface area contributed by atoms with Gasteiger partial charge in [0.25, 0.3) is 11.8 Å². The molecule has 1 aromatic heterocycles. The molecule has 1 saturated carbocycles. The van der Waals surface area contributed by atoms with E-state index in [1.807, 2.05) is 15.9 Å². The Hall–Kier alpha value is -3.14. The number of carbonyl (C=O) groups is 2. The van der Waals surface area contributed by atoms with Gasteiger partial charge in [-0.1, -0.05) is 13.0 Å². The van der Waals surface area contributed by atoms with E-state index in [4.69, 9.17) is 4.74 Å². The van der Waals surface area contributed by atoms with Crippen LogP contribution in [0.2, 0.25) is 0 Å². The first kappa shape index (κ1) is 24.5. The molecule has 10 heteroatoms. The lowest BCUT2D eigenvalue weighted by molar-refractivity contribution is -0.141. The number of nitrogens with one attached hydrogen (secondary N) is 1. The lowest BCUT2D eigenvalue weighted by Gasteiger charge is -2.33. The van der Waals surface area contributed by atoms with Crippen molar-refractivity contribution < 1.29 is 27.5 Å². The normalized spacial score (nSPS) is 22.5. The van der Waals surface area contributed by atoms with E-state index in [2.05, 4.69) is 17.2 Å². The number of alkyl halides is 3. The van der Waals surface area contributed by atoms with Crippen LogP contribution in [-0.2, 0) is 17.5 Å². The molecule has 2 amide bonds. The maximum absolute atomic E-state index is 13.4. The average Bonchev–Trinajstić information content (AvgIpc) is 3.19. The molecule has 2 fully saturated rings. The number of nitrogens with zero attached hydrogens (tertiary/aromatic N) is 3. The third-order valence-corrected chi connectivity index (χ3v) is 7.35. The summed E-state index contributed by atoms with van der Waals surface area (Å²) in [7, 11) is 0. The van der Waals surface area contributed by atoms with Crippen molar-refractivity contribution in [1.82, 2.24) is 9.88 Å². The van der Waals surface area contributed by atoms with Crippen LogP contribution in [0.3, 0.4) is 0 Å². The molecular weight excluding hydrogens is 473 g/mol. The molecule has 3 aliphatic rings. The van der Waals surface area contributed by atoms with E-state index in [9.17, 15) is 22.8 Å². The molecule has 1 N–H and O–H groups in total. The van der Waals surface area contributed by atoms with E-state index in [1.165, 1.54) is 6.07 Å². The van der Waals surface area contributed by atoms with Crippen LogP contribution in [0.15, 0.2) is 30.3 Å². The first-order valence-electron chi connectivity index (χ1n) is 12.4. The topological polar surface area (TPSA) is 74.8 Å². The summed E-state index contributed by atoms with van der Waals surface area (Å²) in [5, 5.41) is 2.77. The number of carbonyl (C=O) groups excluding carboxylic acids is 2. The predicted molar refractivity (Wildman–Crippen MR) is 128 cm³/mol. The van der Waals surface area contributed by atoms with Gasteiger partial charge in [-0.15, -0.1) is 0 Å². The van der Waals surface area contributed by atoms with Crippen LogP contribution in [0.25, 0.3) is 0 Å². The summed E-state index contributed by atoms with van der Waals surface area (Å²) in [6, 6.07) is 7.04. The highest BCUT2D eigenvalue weighted by molar-refractivity contribution is 6.07. The van der Waals surface area contributed by atoms with Crippen LogP contribution < -0.4 is 10.2 Å². The fourth-order valence-corrected chi connectivity index (χ4v) is 5.29. The number of rotatable bonds is 4. The van der Waals surface area contributed by atoms with Crippen molar-refractivity contribution in [2.45, 2.75) is 51.4 Å². The third kappa shape index (κ3) is 4.91. The third-order valence-electron chi connectivity index (χ3n) is 7.35. The van der Waals surface area contributed by atoms with Crippen molar-refractivity contribution in [3.63, 3.8) is 0 Å². The first-order valence-corrected chi connectivity index (χ1v) is 12.4. The standard InChI is InChI=1S/C26H29F3N4O3/c1-16-5-7-18(8-6-16)33-15-17-13-21(22(14-19(17)25(33)35)32-9-11-36-12-10-32)31-24(34)20-3-2-4-23(30-20)26(27,28)29/h2-4,13-14,16,18H,5-12,15H2,1H3,(H,31,34)/t16-,18-. The molecule has 192 valence electrons. The van der Waals surface area contributed by atoms with E-state index in [1.54, 1.807) is 6.07 Å². The Balaban J connectivity index is 1.45. The zero-order valence-electron chi connectivity index (χ0n) is 20.1. The summed E-state index contributed by atoms with van der Waals surface area (Å²) < 4.78 is 44.8. The Labute approximate surface area is 207 Å². The molecule has 2 aromatic rings. The van der Waals surface area contributed by atoms with E-state index < -0.39 is 17.8 Å². The highest BCUT2D eigenvalue weighted by Crippen LogP contribution is 2.38. The van der Waals surface area contributed by atoms with Gasteiger partial charge in [-0.05, 0) is 61.4 Å². The number of amides is 2. The van der Waals surface area contributed by atoms with E-state index in [-0.39, 0.29) is 17.6 Å². The van der Waals surface area contributed by atoms with Gasteiger partial charge < -0.3 is 19.9 Å². The Morgan fingerprint density at radius 2 is 1.83 bits per heavy atom. The van der Waals surface area contributed by atoms with Crippen molar-refractivity contribution in [3.05, 3.63) is 52.8 Å². The molecule has 5 rings (SSSR count). The first-order chi connectivity index (χ1) is 17.2. The van der Waals surface area contributed by atoms with Crippen molar-refractivity contribution in [1.29, 1.82) is 0 Å². The van der Waals surface area contributed by atoms with Crippen molar-refractivity contribution in [2.75, 3.05) is 36.5 Å². The molecule has 2 aliphatic heterocycles. The van der Waals surface area contributed by atoms with Gasteiger partial charge in [0, 0.05) is 31.2 Å². The molecule has 36 heavy (non-hydrogen) atoms. The van der Waals surface area contributed by atoms with Gasteiger partial charge in [0.05, 0.1) is 24.6 Å². The molecule has 0 spiro atoms. The summed E-state index contributed by atoms with van der Waals surface area (Å²) in [6.45, 7) is 4.84. The number of anilines is 2. The molecule has 1 aromatic carbocycles. The van der Waals surface area contributed by atoms with Gasteiger partial charge in [0.1, 0.15) is 11.4 Å². The molecule has 1 saturated heterocycles. The average molecular weight is 503 g/mol. The second-order valence-electron chi connectivity index (χ2n) is 9.83. The van der Waals surface area contributed by atoms with Crippen LogP contribution in [-0.4, -0.2) is 54.0 Å². The number of aromatic nitrogens is 1. The number of benzene rings is 1. The summed E-state index contributed by atoms with van der Waals surface area (Å²) in [6.07, 6.45) is -0.516. The fourth-order valence-electron chi connectivity index (χ4n) is 5.29. The van der Waals surface area contributed by atoms with Crippen LogP contribution in [0.4, 0.5) is 24.5 Å². The molecular formula is C26H29F3N4O3. The predicted octanol–water partition coefficient (Wildman–Crippen LogP) is 4.72. The zero-order chi connectivity index (χ0) is 25.4. The quantitative estimate of drug-likeness (QED) is 0.655. The maximum atomic E-state index is 13.4. The number of morpholine rings is 1. The van der Waals surface area contributed by atoms with Crippen LogP contribution in [0.5, 0.6) is 0 Å². The highest BCUT2D eigenvalue weighted by Gasteiger charge is 2.36. The van der Waals surface area contributed by atoms with Crippen molar-refractivity contribution >= 4 is 23.2 Å². The molecule has 0 atom stereocenters. The molecule has 0 radical (unpaired) electrons. The summed E-state index contributed by atoms with van der Waals surface area (Å²) in [5.74, 6) is -0.0741. The van der Waals surface area contributed by atoms with Gasteiger partial charge in [0.15, 0.2) is 0 Å². The number of pyridine rings is 1. The van der Waals surface area contributed by atoms with Crippen LogP contribution in [0.1, 0.15) is 64.7 Å². The smallest absolute Gasteiger partial charge is 0.378 e. The van der Waals surface area contributed by atoms with E-state index in [0.717, 1.165) is 43.4 Å². The van der Waals surface area contributed by atoms with Gasteiger partial charge in [-0.25, -0.2) is 4.98 Å². The second-order valence-corrected chi connectivity index (χ2v) is 9.83. The number of ether oxygens (including phenoxy) is 1. The van der Waals surface area contributed by atoms with E-state index >= 15 is 0 Å². The summed E-state index contributed by atoms with van der Waals surface area (Å²) in [5.41, 5.74) is 1.08. The lowest BCUT2D eigenvalue weighted by Crippen LogP contribution is -2.38.